The molecule has 0 saturated heterocycles. The largest absolute Gasteiger partial charge is 0.462 e. The molecule has 90 valence electrons. The fourth-order valence-corrected chi connectivity index (χ4v) is 1.94. The molecule has 1 amide bonds. The lowest BCUT2D eigenvalue weighted by atomic mass is 10.2. The van der Waals surface area contributed by atoms with Gasteiger partial charge in [0.15, 0.2) is 5.76 Å². The predicted octanol–water partition coefficient (Wildman–Crippen LogP) is 1.43. The van der Waals surface area contributed by atoms with Crippen molar-refractivity contribution in [3.8, 4) is 11.5 Å². The van der Waals surface area contributed by atoms with Crippen LogP contribution in [0.4, 0.5) is 0 Å². The van der Waals surface area contributed by atoms with Crippen LogP contribution >= 0.6 is 11.3 Å². The van der Waals surface area contributed by atoms with Crippen molar-refractivity contribution in [2.24, 2.45) is 0 Å². The molecule has 0 spiro atoms. The van der Waals surface area contributed by atoms with Gasteiger partial charge in [-0.15, -0.1) is 11.3 Å². The number of rotatable bonds is 4. The molecule has 0 saturated carbocycles. The first-order valence-corrected chi connectivity index (χ1v) is 5.99. The average molecular weight is 252 g/mol. The van der Waals surface area contributed by atoms with E-state index < -0.39 is 0 Å². The third kappa shape index (κ3) is 2.72. The maximum atomic E-state index is 11.6. The topological polar surface area (TPSA) is 75.4 Å². The highest BCUT2D eigenvalue weighted by atomic mass is 32.1. The summed E-state index contributed by atoms with van der Waals surface area (Å²) in [6, 6.07) is 1.64. The van der Waals surface area contributed by atoms with E-state index >= 15 is 0 Å². The molecule has 0 bridgehead atoms. The van der Waals surface area contributed by atoms with Gasteiger partial charge in [0.25, 0.3) is 5.91 Å². The Kier molecular flexibility index (Phi) is 3.55. The molecular weight excluding hydrogens is 240 g/mol. The molecule has 2 heterocycles. The molecule has 0 aliphatic rings. The molecule has 5 nitrogen and oxygen atoms in total. The van der Waals surface area contributed by atoms with E-state index in [1.54, 1.807) is 6.07 Å². The van der Waals surface area contributed by atoms with Gasteiger partial charge in [0, 0.05) is 11.9 Å². The van der Waals surface area contributed by atoms with E-state index in [0.29, 0.717) is 11.3 Å². The second-order valence-corrected chi connectivity index (χ2v) is 4.49. The number of aromatic nitrogens is 1. The normalized spacial score (nSPS) is 10.5. The van der Waals surface area contributed by atoms with Crippen LogP contribution in [-0.4, -0.2) is 29.1 Å². The van der Waals surface area contributed by atoms with Crippen LogP contribution in [0.3, 0.4) is 0 Å². The van der Waals surface area contributed by atoms with E-state index in [4.69, 9.17) is 9.52 Å². The number of hydrogen-bond donors (Lipinski definition) is 2. The number of thiazole rings is 1. The summed E-state index contributed by atoms with van der Waals surface area (Å²) in [5.41, 5.74) is 1.16. The molecule has 0 radical (unpaired) electrons. The summed E-state index contributed by atoms with van der Waals surface area (Å²) < 4.78 is 5.29. The summed E-state index contributed by atoms with van der Waals surface area (Å²) in [6.07, 6.45) is 1.39. The highest BCUT2D eigenvalue weighted by Gasteiger charge is 2.12. The minimum atomic E-state index is -0.263. The standard InChI is InChI=1S/C11H12N2O3S/c1-7-13-9(6-17-7)10-4-8(5-16-10)11(15)12-2-3-14/h4-6,14H,2-3H2,1H3,(H,12,15). The number of amides is 1. The molecule has 2 aromatic heterocycles. The maximum absolute atomic E-state index is 11.6. The summed E-state index contributed by atoms with van der Waals surface area (Å²) >= 11 is 1.53. The van der Waals surface area contributed by atoms with E-state index in [0.717, 1.165) is 10.7 Å². The van der Waals surface area contributed by atoms with Crippen molar-refractivity contribution >= 4 is 17.2 Å². The SMILES string of the molecule is Cc1nc(-c2cc(C(=O)NCCO)co2)cs1. The molecule has 17 heavy (non-hydrogen) atoms. The van der Waals surface area contributed by atoms with Gasteiger partial charge in [-0.1, -0.05) is 0 Å². The van der Waals surface area contributed by atoms with Crippen LogP contribution < -0.4 is 5.32 Å². The Bertz CT molecular complexity index is 518. The van der Waals surface area contributed by atoms with Crippen LogP contribution in [0, 0.1) is 6.92 Å². The number of furan rings is 1. The van der Waals surface area contributed by atoms with Gasteiger partial charge in [-0.3, -0.25) is 4.79 Å². The number of nitrogens with zero attached hydrogens (tertiary/aromatic N) is 1. The lowest BCUT2D eigenvalue weighted by Crippen LogP contribution is -2.25. The van der Waals surface area contributed by atoms with E-state index in [1.807, 2.05) is 12.3 Å². The Morgan fingerprint density at radius 2 is 2.47 bits per heavy atom. The third-order valence-electron chi connectivity index (χ3n) is 2.13. The fraction of sp³-hybridized carbons (Fsp3) is 0.273. The number of aryl methyl sites for hydroxylation is 1. The summed E-state index contributed by atoms with van der Waals surface area (Å²) in [5.74, 6) is 0.310. The van der Waals surface area contributed by atoms with Gasteiger partial charge in [-0.2, -0.15) is 0 Å². The van der Waals surface area contributed by atoms with Crippen LogP contribution in [0.25, 0.3) is 11.5 Å². The lowest BCUT2D eigenvalue weighted by molar-refractivity contribution is 0.0944. The van der Waals surface area contributed by atoms with Crippen molar-refractivity contribution < 1.29 is 14.3 Å². The zero-order valence-electron chi connectivity index (χ0n) is 9.27. The van der Waals surface area contributed by atoms with Crippen LogP contribution in [0.5, 0.6) is 0 Å². The molecule has 0 aliphatic heterocycles. The molecule has 0 atom stereocenters. The average Bonchev–Trinajstić information content (AvgIpc) is 2.93. The van der Waals surface area contributed by atoms with Crippen LogP contribution in [0.15, 0.2) is 22.1 Å². The van der Waals surface area contributed by atoms with Gasteiger partial charge >= 0.3 is 0 Å². The van der Waals surface area contributed by atoms with Gasteiger partial charge in [0.2, 0.25) is 0 Å². The minimum Gasteiger partial charge on any atom is -0.462 e. The van der Waals surface area contributed by atoms with Crippen molar-refractivity contribution in [2.75, 3.05) is 13.2 Å². The lowest BCUT2D eigenvalue weighted by Gasteiger charge is -1.98. The Morgan fingerprint density at radius 1 is 1.65 bits per heavy atom. The van der Waals surface area contributed by atoms with Crippen LogP contribution in [-0.2, 0) is 0 Å². The third-order valence-corrected chi connectivity index (χ3v) is 2.90. The van der Waals surface area contributed by atoms with Crippen molar-refractivity contribution in [1.82, 2.24) is 10.3 Å². The van der Waals surface area contributed by atoms with Gasteiger partial charge in [0.1, 0.15) is 12.0 Å². The molecule has 2 rings (SSSR count). The first-order valence-electron chi connectivity index (χ1n) is 5.11. The Morgan fingerprint density at radius 3 is 3.12 bits per heavy atom. The van der Waals surface area contributed by atoms with Crippen LogP contribution in [0.2, 0.25) is 0 Å². The molecule has 2 N–H and O–H groups in total. The molecule has 6 heteroatoms. The van der Waals surface area contributed by atoms with Gasteiger partial charge < -0.3 is 14.8 Å². The summed E-state index contributed by atoms with van der Waals surface area (Å²) in [4.78, 5) is 15.8. The highest BCUT2D eigenvalue weighted by molar-refractivity contribution is 7.09. The van der Waals surface area contributed by atoms with Gasteiger partial charge in [0.05, 0.1) is 17.2 Å². The predicted molar refractivity (Wildman–Crippen MR) is 64.0 cm³/mol. The molecule has 0 aliphatic carbocycles. The number of aliphatic hydroxyl groups excluding tert-OH is 1. The summed E-state index contributed by atoms with van der Waals surface area (Å²) in [7, 11) is 0. The fourth-order valence-electron chi connectivity index (χ4n) is 1.34. The van der Waals surface area contributed by atoms with E-state index in [-0.39, 0.29) is 19.1 Å². The summed E-state index contributed by atoms with van der Waals surface area (Å²) in [6.45, 7) is 2.06. The highest BCUT2D eigenvalue weighted by Crippen LogP contribution is 2.23. The number of hydrogen-bond acceptors (Lipinski definition) is 5. The van der Waals surface area contributed by atoms with Crippen molar-refractivity contribution in [3.63, 3.8) is 0 Å². The first kappa shape index (κ1) is 11.8. The zero-order valence-corrected chi connectivity index (χ0v) is 10.1. The van der Waals surface area contributed by atoms with E-state index in [1.165, 1.54) is 17.6 Å². The molecule has 0 unspecified atom stereocenters. The Labute approximate surface area is 102 Å². The van der Waals surface area contributed by atoms with Crippen molar-refractivity contribution in [3.05, 3.63) is 28.3 Å². The second-order valence-electron chi connectivity index (χ2n) is 3.43. The molecule has 2 aromatic rings. The van der Waals surface area contributed by atoms with Crippen molar-refractivity contribution in [1.29, 1.82) is 0 Å². The monoisotopic (exact) mass is 252 g/mol. The number of nitrogens with one attached hydrogen (secondary N) is 1. The minimum absolute atomic E-state index is 0.0816. The smallest absolute Gasteiger partial charge is 0.254 e. The van der Waals surface area contributed by atoms with E-state index in [9.17, 15) is 4.79 Å². The van der Waals surface area contributed by atoms with Crippen LogP contribution in [0.1, 0.15) is 15.4 Å². The van der Waals surface area contributed by atoms with Crippen molar-refractivity contribution in [2.45, 2.75) is 6.92 Å². The van der Waals surface area contributed by atoms with E-state index in [2.05, 4.69) is 10.3 Å². The molecule has 0 aromatic carbocycles. The first-order chi connectivity index (χ1) is 8.20. The summed E-state index contributed by atoms with van der Waals surface area (Å²) in [5, 5.41) is 14.0. The Hall–Kier alpha value is -1.66. The quantitative estimate of drug-likeness (QED) is 0.863. The molecule has 0 fully saturated rings. The number of carbonyl (C=O) groups is 1. The maximum Gasteiger partial charge on any atom is 0.254 e. The number of carbonyl (C=O) groups excluding carboxylic acids is 1. The Balaban J connectivity index is 2.13. The zero-order chi connectivity index (χ0) is 12.3. The second kappa shape index (κ2) is 5.11. The van der Waals surface area contributed by atoms with Gasteiger partial charge in [-0.25, -0.2) is 4.98 Å². The van der Waals surface area contributed by atoms with Gasteiger partial charge in [-0.05, 0) is 13.0 Å². The molecular formula is C11H12N2O3S. The number of aliphatic hydroxyl groups is 1.